The van der Waals surface area contributed by atoms with Crippen LogP contribution in [0, 0.1) is 11.7 Å². The van der Waals surface area contributed by atoms with Gasteiger partial charge in [0.1, 0.15) is 11.9 Å². The van der Waals surface area contributed by atoms with Crippen molar-refractivity contribution >= 4 is 17.5 Å². The number of pyridine rings is 1. The standard InChI is InChI=1S/C21H24FN5O2/c22-16-1-3-17(4-2-16)24-20(28)15-7-11-27(12-8-15)21(29)19-13-18(25-26-19)14-5-9-23-10-6-14/h1-6,9-10,15,18-19,25-26H,7-8,11-13H2,(H,24,28). The minimum Gasteiger partial charge on any atom is -0.341 e. The number of amides is 2. The SMILES string of the molecule is O=C(Nc1ccc(F)cc1)C1CCN(C(=O)C2CC(c3ccncc3)NN2)CC1. The first-order valence-electron chi connectivity index (χ1n) is 9.86. The second kappa shape index (κ2) is 8.67. The van der Waals surface area contributed by atoms with Crippen molar-refractivity contribution in [3.05, 3.63) is 60.2 Å². The molecular formula is C21H24FN5O2. The number of hydrogen-bond donors (Lipinski definition) is 3. The normalized spacial score (nSPS) is 22.4. The van der Waals surface area contributed by atoms with E-state index in [1.807, 2.05) is 17.0 Å². The fraction of sp³-hybridized carbons (Fsp3) is 0.381. The van der Waals surface area contributed by atoms with Gasteiger partial charge in [0.25, 0.3) is 0 Å². The maximum atomic E-state index is 13.0. The molecule has 2 atom stereocenters. The first kappa shape index (κ1) is 19.5. The summed E-state index contributed by atoms with van der Waals surface area (Å²) in [6, 6.07) is 9.41. The number of aromatic nitrogens is 1. The van der Waals surface area contributed by atoms with Crippen LogP contribution in [0.3, 0.4) is 0 Å². The summed E-state index contributed by atoms with van der Waals surface area (Å²) in [7, 11) is 0. The fourth-order valence-corrected chi connectivity index (χ4v) is 3.89. The van der Waals surface area contributed by atoms with Crippen molar-refractivity contribution in [2.75, 3.05) is 18.4 Å². The molecule has 8 heteroatoms. The van der Waals surface area contributed by atoms with E-state index >= 15 is 0 Å². The molecule has 2 aromatic rings. The Morgan fingerprint density at radius 1 is 1.03 bits per heavy atom. The van der Waals surface area contributed by atoms with Crippen molar-refractivity contribution in [1.29, 1.82) is 0 Å². The highest BCUT2D eigenvalue weighted by molar-refractivity contribution is 5.92. The predicted molar refractivity (Wildman–Crippen MR) is 106 cm³/mol. The Kier molecular flexibility index (Phi) is 5.82. The van der Waals surface area contributed by atoms with E-state index < -0.39 is 0 Å². The first-order chi connectivity index (χ1) is 14.1. The molecule has 2 saturated heterocycles. The van der Waals surface area contributed by atoms with Crippen molar-refractivity contribution in [2.45, 2.75) is 31.3 Å². The van der Waals surface area contributed by atoms with Gasteiger partial charge in [0.2, 0.25) is 11.8 Å². The maximum absolute atomic E-state index is 13.0. The topological polar surface area (TPSA) is 86.4 Å². The third kappa shape index (κ3) is 4.60. The monoisotopic (exact) mass is 397 g/mol. The van der Waals surface area contributed by atoms with Gasteiger partial charge in [-0.05, 0) is 61.2 Å². The molecule has 0 radical (unpaired) electrons. The molecule has 3 heterocycles. The lowest BCUT2D eigenvalue weighted by Crippen LogP contribution is -2.49. The number of likely N-dealkylation sites (tertiary alicyclic amines) is 1. The first-order valence-corrected chi connectivity index (χ1v) is 9.86. The summed E-state index contributed by atoms with van der Waals surface area (Å²) in [5, 5.41) is 2.83. The Morgan fingerprint density at radius 2 is 1.72 bits per heavy atom. The van der Waals surface area contributed by atoms with Gasteiger partial charge < -0.3 is 10.2 Å². The van der Waals surface area contributed by atoms with Gasteiger partial charge in [-0.3, -0.25) is 14.6 Å². The molecule has 0 aliphatic carbocycles. The summed E-state index contributed by atoms with van der Waals surface area (Å²) in [5.74, 6) is -0.507. The molecule has 152 valence electrons. The van der Waals surface area contributed by atoms with Crippen molar-refractivity contribution in [3.8, 4) is 0 Å². The van der Waals surface area contributed by atoms with E-state index in [9.17, 15) is 14.0 Å². The Balaban J connectivity index is 1.26. The van der Waals surface area contributed by atoms with Crippen LogP contribution in [-0.2, 0) is 9.59 Å². The third-order valence-corrected chi connectivity index (χ3v) is 5.60. The highest BCUT2D eigenvalue weighted by Crippen LogP contribution is 2.25. The largest absolute Gasteiger partial charge is 0.341 e. The lowest BCUT2D eigenvalue weighted by Gasteiger charge is -2.32. The number of anilines is 1. The second-order valence-corrected chi connectivity index (χ2v) is 7.51. The molecule has 0 bridgehead atoms. The number of piperidine rings is 1. The highest BCUT2D eigenvalue weighted by Gasteiger charge is 2.35. The molecule has 2 unspecified atom stereocenters. The number of carbonyl (C=O) groups excluding carboxylic acids is 2. The van der Waals surface area contributed by atoms with Crippen LogP contribution in [0.1, 0.15) is 30.9 Å². The lowest BCUT2D eigenvalue weighted by molar-refractivity contribution is -0.136. The molecule has 1 aromatic heterocycles. The average Bonchev–Trinajstić information content (AvgIpc) is 3.26. The van der Waals surface area contributed by atoms with Crippen LogP contribution in [0.15, 0.2) is 48.8 Å². The van der Waals surface area contributed by atoms with Gasteiger partial charge in [0.05, 0.1) is 0 Å². The molecule has 0 saturated carbocycles. The summed E-state index contributed by atoms with van der Waals surface area (Å²) in [6.07, 6.45) is 5.40. The van der Waals surface area contributed by atoms with E-state index in [1.54, 1.807) is 24.5 Å². The Bertz CT molecular complexity index is 853. The zero-order valence-electron chi connectivity index (χ0n) is 16.0. The second-order valence-electron chi connectivity index (χ2n) is 7.51. The van der Waals surface area contributed by atoms with E-state index in [4.69, 9.17) is 0 Å². The number of carbonyl (C=O) groups is 2. The van der Waals surface area contributed by atoms with Crippen LogP contribution in [0.2, 0.25) is 0 Å². The number of nitrogens with zero attached hydrogens (tertiary/aromatic N) is 2. The number of nitrogens with one attached hydrogen (secondary N) is 3. The number of hydrogen-bond acceptors (Lipinski definition) is 5. The third-order valence-electron chi connectivity index (χ3n) is 5.60. The molecule has 2 fully saturated rings. The molecule has 0 spiro atoms. The fourth-order valence-electron chi connectivity index (χ4n) is 3.89. The Morgan fingerprint density at radius 3 is 2.41 bits per heavy atom. The summed E-state index contributed by atoms with van der Waals surface area (Å²) >= 11 is 0. The van der Waals surface area contributed by atoms with Gasteiger partial charge in [-0.1, -0.05) is 0 Å². The molecule has 7 nitrogen and oxygen atoms in total. The van der Waals surface area contributed by atoms with Crippen LogP contribution in [0.4, 0.5) is 10.1 Å². The van der Waals surface area contributed by atoms with E-state index in [-0.39, 0.29) is 35.6 Å². The van der Waals surface area contributed by atoms with E-state index in [0.29, 0.717) is 38.0 Å². The predicted octanol–water partition coefficient (Wildman–Crippen LogP) is 2.01. The van der Waals surface area contributed by atoms with Gasteiger partial charge >= 0.3 is 0 Å². The highest BCUT2D eigenvalue weighted by atomic mass is 19.1. The van der Waals surface area contributed by atoms with Gasteiger partial charge in [-0.25, -0.2) is 15.2 Å². The van der Waals surface area contributed by atoms with Crippen LogP contribution in [0.5, 0.6) is 0 Å². The average molecular weight is 397 g/mol. The Hall–Kier alpha value is -2.84. The minimum atomic E-state index is -0.337. The molecule has 2 aliphatic rings. The van der Waals surface area contributed by atoms with E-state index in [1.165, 1.54) is 12.1 Å². The minimum absolute atomic E-state index is 0.0615. The van der Waals surface area contributed by atoms with Crippen molar-refractivity contribution in [3.63, 3.8) is 0 Å². The number of halogens is 1. The zero-order chi connectivity index (χ0) is 20.2. The van der Waals surface area contributed by atoms with Crippen molar-refractivity contribution in [2.24, 2.45) is 5.92 Å². The van der Waals surface area contributed by atoms with Crippen molar-refractivity contribution < 1.29 is 14.0 Å². The van der Waals surface area contributed by atoms with Gasteiger partial charge in [0.15, 0.2) is 0 Å². The van der Waals surface area contributed by atoms with E-state index in [0.717, 1.165) is 5.56 Å². The summed E-state index contributed by atoms with van der Waals surface area (Å²) in [6.45, 7) is 1.11. The number of hydrazine groups is 1. The van der Waals surface area contributed by atoms with Gasteiger partial charge in [0, 0.05) is 43.1 Å². The molecule has 2 amide bonds. The molecule has 1 aromatic carbocycles. The quantitative estimate of drug-likeness (QED) is 0.735. The molecule has 29 heavy (non-hydrogen) atoms. The number of rotatable bonds is 4. The number of benzene rings is 1. The van der Waals surface area contributed by atoms with Crippen LogP contribution in [0.25, 0.3) is 0 Å². The lowest BCUT2D eigenvalue weighted by atomic mass is 9.94. The summed E-state index contributed by atoms with van der Waals surface area (Å²) < 4.78 is 13.0. The smallest absolute Gasteiger partial charge is 0.241 e. The van der Waals surface area contributed by atoms with Crippen molar-refractivity contribution in [1.82, 2.24) is 20.7 Å². The molecule has 2 aliphatic heterocycles. The van der Waals surface area contributed by atoms with Crippen LogP contribution >= 0.6 is 0 Å². The zero-order valence-corrected chi connectivity index (χ0v) is 16.0. The van der Waals surface area contributed by atoms with Crippen LogP contribution < -0.4 is 16.2 Å². The van der Waals surface area contributed by atoms with Gasteiger partial charge in [-0.2, -0.15) is 0 Å². The Labute approximate surface area is 168 Å². The molecular weight excluding hydrogens is 373 g/mol. The van der Waals surface area contributed by atoms with E-state index in [2.05, 4.69) is 21.2 Å². The molecule has 3 N–H and O–H groups in total. The molecule has 4 rings (SSSR count). The van der Waals surface area contributed by atoms with Gasteiger partial charge in [-0.15, -0.1) is 0 Å². The maximum Gasteiger partial charge on any atom is 0.241 e. The summed E-state index contributed by atoms with van der Waals surface area (Å²) in [4.78, 5) is 31.2. The van der Waals surface area contributed by atoms with Crippen LogP contribution in [-0.4, -0.2) is 40.8 Å². The summed E-state index contributed by atoms with van der Waals surface area (Å²) in [5.41, 5.74) is 7.97.